The van der Waals surface area contributed by atoms with Crippen LogP contribution >= 0.6 is 0 Å². The molecule has 86 valence electrons. The van der Waals surface area contributed by atoms with Crippen LogP contribution in [0.15, 0.2) is 36.4 Å². The molecule has 0 unspecified atom stereocenters. The molecule has 2 aromatic rings. The van der Waals surface area contributed by atoms with Crippen LogP contribution < -0.4 is 0 Å². The third-order valence-electron chi connectivity index (χ3n) is 2.47. The Kier molecular flexibility index (Phi) is 2.70. The molecule has 0 fully saturated rings. The van der Waals surface area contributed by atoms with Crippen LogP contribution in [0.3, 0.4) is 0 Å². The Morgan fingerprint density at radius 2 is 1.71 bits per heavy atom. The van der Waals surface area contributed by atoms with E-state index in [1.165, 1.54) is 6.07 Å². The molecule has 0 aromatic heterocycles. The maximum Gasteiger partial charge on any atom is 0.286 e. The predicted molar refractivity (Wildman–Crippen MR) is 61.3 cm³/mol. The molecule has 2 aromatic carbocycles. The summed E-state index contributed by atoms with van der Waals surface area (Å²) in [5.74, 6) is 0. The van der Waals surface area contributed by atoms with Gasteiger partial charge in [0.15, 0.2) is 0 Å². The first-order chi connectivity index (χ1) is 8.09. The molecule has 0 heterocycles. The smallest absolute Gasteiger partial charge is 0.264 e. The van der Waals surface area contributed by atoms with E-state index in [-0.39, 0.29) is 11.3 Å². The SMILES string of the molecule is O=[N+]([O-])Cc1ccc2ccccc2c1[N+](=O)[O-]. The van der Waals surface area contributed by atoms with Gasteiger partial charge in [-0.25, -0.2) is 0 Å². The molecular weight excluding hydrogens is 224 g/mol. The van der Waals surface area contributed by atoms with Crippen molar-refractivity contribution >= 4 is 16.5 Å². The molecular formula is C11H8N2O4. The Hall–Kier alpha value is -2.50. The summed E-state index contributed by atoms with van der Waals surface area (Å²) in [5, 5.41) is 22.6. The highest BCUT2D eigenvalue weighted by atomic mass is 16.6. The summed E-state index contributed by atoms with van der Waals surface area (Å²) in [5.41, 5.74) is -0.0569. The molecule has 0 atom stereocenters. The molecule has 0 radical (unpaired) electrons. The van der Waals surface area contributed by atoms with Crippen LogP contribution in [-0.4, -0.2) is 9.85 Å². The van der Waals surface area contributed by atoms with Gasteiger partial charge in [-0.05, 0) is 17.5 Å². The van der Waals surface area contributed by atoms with Gasteiger partial charge in [0, 0.05) is 4.92 Å². The number of nitro groups is 2. The first-order valence-corrected chi connectivity index (χ1v) is 4.86. The minimum Gasteiger partial charge on any atom is -0.264 e. The van der Waals surface area contributed by atoms with Gasteiger partial charge in [-0.2, -0.15) is 0 Å². The van der Waals surface area contributed by atoms with Gasteiger partial charge in [0.2, 0.25) is 6.54 Å². The monoisotopic (exact) mass is 232 g/mol. The van der Waals surface area contributed by atoms with E-state index in [1.807, 2.05) is 0 Å². The van der Waals surface area contributed by atoms with Crippen molar-refractivity contribution in [1.29, 1.82) is 0 Å². The van der Waals surface area contributed by atoms with Gasteiger partial charge in [0.25, 0.3) is 5.69 Å². The van der Waals surface area contributed by atoms with Crippen LogP contribution in [0.4, 0.5) is 5.69 Å². The molecule has 0 aliphatic carbocycles. The lowest BCUT2D eigenvalue weighted by atomic mass is 10.0. The summed E-state index contributed by atoms with van der Waals surface area (Å²) in [6.45, 7) is -0.541. The number of fused-ring (bicyclic) bond motifs is 1. The zero-order chi connectivity index (χ0) is 12.4. The van der Waals surface area contributed by atoms with E-state index in [1.54, 1.807) is 30.3 Å². The number of benzene rings is 2. The van der Waals surface area contributed by atoms with Gasteiger partial charge in [-0.3, -0.25) is 20.2 Å². The van der Waals surface area contributed by atoms with E-state index in [4.69, 9.17) is 0 Å². The predicted octanol–water partition coefficient (Wildman–Crippen LogP) is 2.52. The van der Waals surface area contributed by atoms with Crippen LogP contribution in [0.1, 0.15) is 5.56 Å². The Balaban J connectivity index is 2.72. The van der Waals surface area contributed by atoms with E-state index in [9.17, 15) is 20.2 Å². The minimum absolute atomic E-state index is 0.124. The molecule has 0 spiro atoms. The molecule has 0 amide bonds. The van der Waals surface area contributed by atoms with E-state index in [0.717, 1.165) is 0 Å². The standard InChI is InChI=1S/C11H8N2O4/c14-12(15)7-9-6-5-8-3-1-2-4-10(8)11(9)13(16)17/h1-6H,7H2. The van der Waals surface area contributed by atoms with Crippen LogP contribution in [0, 0.1) is 20.2 Å². The van der Waals surface area contributed by atoms with Crippen molar-refractivity contribution in [2.45, 2.75) is 6.54 Å². The number of rotatable bonds is 3. The fourth-order valence-corrected chi connectivity index (χ4v) is 1.78. The largest absolute Gasteiger partial charge is 0.286 e. The van der Waals surface area contributed by atoms with Gasteiger partial charge in [-0.15, -0.1) is 0 Å². The normalized spacial score (nSPS) is 10.4. The summed E-state index contributed by atoms with van der Waals surface area (Å²) in [7, 11) is 0. The maximum atomic E-state index is 11.0. The Labute approximate surface area is 95.8 Å². The fraction of sp³-hybridized carbons (Fsp3) is 0.0909. The summed E-state index contributed by atoms with van der Waals surface area (Å²) in [6.07, 6.45) is 0. The van der Waals surface area contributed by atoms with E-state index < -0.39 is 16.4 Å². The van der Waals surface area contributed by atoms with Crippen molar-refractivity contribution in [2.24, 2.45) is 0 Å². The highest BCUT2D eigenvalue weighted by Crippen LogP contribution is 2.29. The molecule has 0 aliphatic rings. The summed E-state index contributed by atoms with van der Waals surface area (Å²) >= 11 is 0. The summed E-state index contributed by atoms with van der Waals surface area (Å²) in [4.78, 5) is 20.3. The van der Waals surface area contributed by atoms with Crippen LogP contribution in [0.25, 0.3) is 10.8 Å². The molecule has 0 saturated carbocycles. The third kappa shape index (κ3) is 2.05. The lowest BCUT2D eigenvalue weighted by Gasteiger charge is -2.02. The molecule has 2 rings (SSSR count). The van der Waals surface area contributed by atoms with E-state index in [2.05, 4.69) is 0 Å². The number of hydrogen-bond donors (Lipinski definition) is 0. The molecule has 0 bridgehead atoms. The first-order valence-electron chi connectivity index (χ1n) is 4.86. The third-order valence-corrected chi connectivity index (χ3v) is 2.47. The van der Waals surface area contributed by atoms with Gasteiger partial charge in [0.05, 0.1) is 10.3 Å². The zero-order valence-electron chi connectivity index (χ0n) is 8.70. The summed E-state index contributed by atoms with van der Waals surface area (Å²) in [6, 6.07) is 9.85. The number of nitro benzene ring substituents is 1. The highest BCUT2D eigenvalue weighted by Gasteiger charge is 2.21. The van der Waals surface area contributed by atoms with Crippen LogP contribution in [-0.2, 0) is 6.54 Å². The van der Waals surface area contributed by atoms with Gasteiger partial charge < -0.3 is 0 Å². The van der Waals surface area contributed by atoms with Gasteiger partial charge in [0.1, 0.15) is 5.56 Å². The molecule has 0 saturated heterocycles. The molecule has 17 heavy (non-hydrogen) atoms. The average molecular weight is 232 g/mol. The van der Waals surface area contributed by atoms with Crippen LogP contribution in [0.2, 0.25) is 0 Å². The topological polar surface area (TPSA) is 86.3 Å². The first kappa shape index (κ1) is 11.0. The highest BCUT2D eigenvalue weighted by molar-refractivity contribution is 5.92. The Bertz CT molecular complexity index is 609. The second kappa shape index (κ2) is 4.17. The second-order valence-electron chi connectivity index (χ2n) is 3.54. The average Bonchev–Trinajstić information content (AvgIpc) is 2.27. The Morgan fingerprint density at radius 3 is 2.35 bits per heavy atom. The lowest BCUT2D eigenvalue weighted by Crippen LogP contribution is -2.03. The minimum atomic E-state index is -0.572. The second-order valence-corrected chi connectivity index (χ2v) is 3.54. The molecule has 0 N–H and O–H groups in total. The van der Waals surface area contributed by atoms with Crippen molar-refractivity contribution in [3.05, 3.63) is 62.2 Å². The Morgan fingerprint density at radius 1 is 1.00 bits per heavy atom. The van der Waals surface area contributed by atoms with E-state index >= 15 is 0 Å². The zero-order valence-corrected chi connectivity index (χ0v) is 8.70. The van der Waals surface area contributed by atoms with Crippen molar-refractivity contribution in [3.63, 3.8) is 0 Å². The van der Waals surface area contributed by atoms with E-state index in [0.29, 0.717) is 10.8 Å². The number of nitrogens with zero attached hydrogens (tertiary/aromatic N) is 2. The maximum absolute atomic E-state index is 11.0. The molecule has 6 nitrogen and oxygen atoms in total. The number of hydrogen-bond acceptors (Lipinski definition) is 4. The summed E-state index contributed by atoms with van der Waals surface area (Å²) < 4.78 is 0. The van der Waals surface area contributed by atoms with Gasteiger partial charge in [-0.1, -0.05) is 24.3 Å². The quantitative estimate of drug-likeness (QED) is 0.601. The fourth-order valence-electron chi connectivity index (χ4n) is 1.78. The van der Waals surface area contributed by atoms with Gasteiger partial charge >= 0.3 is 0 Å². The van der Waals surface area contributed by atoms with Crippen LogP contribution in [0.5, 0.6) is 0 Å². The molecule has 6 heteroatoms. The van der Waals surface area contributed by atoms with Crippen molar-refractivity contribution in [3.8, 4) is 0 Å². The molecule has 0 aliphatic heterocycles. The lowest BCUT2D eigenvalue weighted by molar-refractivity contribution is -0.498. The van der Waals surface area contributed by atoms with Crippen molar-refractivity contribution in [1.82, 2.24) is 0 Å². The van der Waals surface area contributed by atoms with Crippen molar-refractivity contribution in [2.75, 3.05) is 0 Å². The van der Waals surface area contributed by atoms with Crippen molar-refractivity contribution < 1.29 is 9.85 Å².